The lowest BCUT2D eigenvalue weighted by Gasteiger charge is -2.06. The third-order valence-corrected chi connectivity index (χ3v) is 2.25. The zero-order chi connectivity index (χ0) is 11.4. The van der Waals surface area contributed by atoms with Crippen LogP contribution >= 0.6 is 0 Å². The Bertz CT molecular complexity index is 483. The highest BCUT2D eigenvalue weighted by Crippen LogP contribution is 2.20. The summed E-state index contributed by atoms with van der Waals surface area (Å²) in [6, 6.07) is 11.6. The molecule has 82 valence electrons. The molecule has 0 aliphatic heterocycles. The van der Waals surface area contributed by atoms with Gasteiger partial charge in [-0.05, 0) is 36.2 Å². The first kappa shape index (κ1) is 10.6. The molecule has 0 amide bonds. The highest BCUT2D eigenvalue weighted by molar-refractivity contribution is 5.31. The maximum Gasteiger partial charge on any atom is 0.219 e. The number of nitrogens with two attached hydrogens (primary N) is 1. The van der Waals surface area contributed by atoms with Crippen molar-refractivity contribution in [2.45, 2.75) is 13.5 Å². The molecule has 2 rings (SSSR count). The van der Waals surface area contributed by atoms with Crippen molar-refractivity contribution in [3.63, 3.8) is 0 Å². The molecule has 2 N–H and O–H groups in total. The van der Waals surface area contributed by atoms with Crippen LogP contribution in [0.4, 0.5) is 0 Å². The Morgan fingerprint density at radius 1 is 1.25 bits per heavy atom. The second kappa shape index (κ2) is 4.77. The lowest BCUT2D eigenvalue weighted by atomic mass is 10.2. The standard InChI is InChI=1S/C13H14N2O/c1-10-3-2-4-12(7-10)16-13-8-11(9-14)5-6-15-13/h2-8H,9,14H2,1H3. The van der Waals surface area contributed by atoms with Gasteiger partial charge in [-0.3, -0.25) is 0 Å². The zero-order valence-electron chi connectivity index (χ0n) is 9.18. The fourth-order valence-electron chi connectivity index (χ4n) is 1.43. The van der Waals surface area contributed by atoms with E-state index in [1.807, 2.05) is 43.3 Å². The predicted octanol–water partition coefficient (Wildman–Crippen LogP) is 2.64. The second-order valence-corrected chi connectivity index (χ2v) is 3.63. The van der Waals surface area contributed by atoms with E-state index in [1.165, 1.54) is 0 Å². The molecule has 0 saturated heterocycles. The number of aryl methyl sites for hydroxylation is 1. The summed E-state index contributed by atoms with van der Waals surface area (Å²) in [6.45, 7) is 2.52. The van der Waals surface area contributed by atoms with Crippen molar-refractivity contribution in [2.75, 3.05) is 0 Å². The van der Waals surface area contributed by atoms with Crippen LogP contribution in [0.15, 0.2) is 42.6 Å². The number of pyridine rings is 1. The number of benzene rings is 1. The SMILES string of the molecule is Cc1cccc(Oc2cc(CN)ccn2)c1. The summed E-state index contributed by atoms with van der Waals surface area (Å²) < 4.78 is 5.64. The van der Waals surface area contributed by atoms with Crippen molar-refractivity contribution < 1.29 is 4.74 Å². The maximum atomic E-state index is 5.64. The summed E-state index contributed by atoms with van der Waals surface area (Å²) in [5.74, 6) is 1.37. The van der Waals surface area contributed by atoms with Crippen molar-refractivity contribution in [3.05, 3.63) is 53.7 Å². The molecular weight excluding hydrogens is 200 g/mol. The Morgan fingerprint density at radius 3 is 2.88 bits per heavy atom. The van der Waals surface area contributed by atoms with Crippen LogP contribution in [0.3, 0.4) is 0 Å². The van der Waals surface area contributed by atoms with Gasteiger partial charge in [0.05, 0.1) is 0 Å². The number of hydrogen-bond acceptors (Lipinski definition) is 3. The Morgan fingerprint density at radius 2 is 2.12 bits per heavy atom. The topological polar surface area (TPSA) is 48.1 Å². The van der Waals surface area contributed by atoms with Crippen LogP contribution in [0.2, 0.25) is 0 Å². The molecule has 16 heavy (non-hydrogen) atoms. The average molecular weight is 214 g/mol. The Labute approximate surface area is 94.9 Å². The van der Waals surface area contributed by atoms with Gasteiger partial charge in [0.25, 0.3) is 0 Å². The van der Waals surface area contributed by atoms with Gasteiger partial charge < -0.3 is 10.5 Å². The third-order valence-electron chi connectivity index (χ3n) is 2.25. The summed E-state index contributed by atoms with van der Waals surface area (Å²) in [7, 11) is 0. The van der Waals surface area contributed by atoms with E-state index in [0.717, 1.165) is 16.9 Å². The molecule has 3 nitrogen and oxygen atoms in total. The van der Waals surface area contributed by atoms with Gasteiger partial charge in [-0.15, -0.1) is 0 Å². The number of rotatable bonds is 3. The monoisotopic (exact) mass is 214 g/mol. The van der Waals surface area contributed by atoms with Gasteiger partial charge in [0.2, 0.25) is 5.88 Å². The van der Waals surface area contributed by atoms with Gasteiger partial charge in [-0.2, -0.15) is 0 Å². The summed E-state index contributed by atoms with van der Waals surface area (Å²) in [6.07, 6.45) is 1.70. The molecule has 0 atom stereocenters. The third kappa shape index (κ3) is 2.58. The normalized spacial score (nSPS) is 10.1. The Hall–Kier alpha value is -1.87. The quantitative estimate of drug-likeness (QED) is 0.854. The molecule has 0 aliphatic carbocycles. The molecule has 1 heterocycles. The Kier molecular flexibility index (Phi) is 3.17. The summed E-state index contributed by atoms with van der Waals surface area (Å²) in [5, 5.41) is 0. The highest BCUT2D eigenvalue weighted by atomic mass is 16.5. The van der Waals surface area contributed by atoms with Crippen LogP contribution in [-0.4, -0.2) is 4.98 Å². The zero-order valence-corrected chi connectivity index (χ0v) is 9.18. The van der Waals surface area contributed by atoms with Crippen molar-refractivity contribution >= 4 is 0 Å². The number of aromatic nitrogens is 1. The van der Waals surface area contributed by atoms with Gasteiger partial charge in [0.1, 0.15) is 5.75 Å². The molecule has 1 aromatic carbocycles. The van der Waals surface area contributed by atoms with Crippen LogP contribution in [0.5, 0.6) is 11.6 Å². The summed E-state index contributed by atoms with van der Waals surface area (Å²) in [4.78, 5) is 4.13. The summed E-state index contributed by atoms with van der Waals surface area (Å²) in [5.41, 5.74) is 7.72. The molecule has 1 aromatic heterocycles. The van der Waals surface area contributed by atoms with E-state index in [1.54, 1.807) is 6.20 Å². The summed E-state index contributed by atoms with van der Waals surface area (Å²) >= 11 is 0. The van der Waals surface area contributed by atoms with Gasteiger partial charge >= 0.3 is 0 Å². The van der Waals surface area contributed by atoms with Crippen LogP contribution in [-0.2, 0) is 6.54 Å². The first-order chi connectivity index (χ1) is 7.78. The predicted molar refractivity (Wildman–Crippen MR) is 63.4 cm³/mol. The van der Waals surface area contributed by atoms with E-state index in [0.29, 0.717) is 12.4 Å². The average Bonchev–Trinajstić information content (AvgIpc) is 2.29. The van der Waals surface area contributed by atoms with Gasteiger partial charge in [-0.1, -0.05) is 12.1 Å². The molecule has 0 fully saturated rings. The minimum absolute atomic E-state index is 0.493. The van der Waals surface area contributed by atoms with Crippen molar-refractivity contribution in [3.8, 4) is 11.6 Å². The molecular formula is C13H14N2O. The molecule has 0 spiro atoms. The molecule has 0 saturated carbocycles. The van der Waals surface area contributed by atoms with Crippen molar-refractivity contribution in [2.24, 2.45) is 5.73 Å². The first-order valence-electron chi connectivity index (χ1n) is 5.17. The van der Waals surface area contributed by atoms with Crippen molar-refractivity contribution in [1.29, 1.82) is 0 Å². The lowest BCUT2D eigenvalue weighted by Crippen LogP contribution is -1.97. The van der Waals surface area contributed by atoms with Crippen molar-refractivity contribution in [1.82, 2.24) is 4.98 Å². The molecule has 0 radical (unpaired) electrons. The fraction of sp³-hybridized carbons (Fsp3) is 0.154. The van der Waals surface area contributed by atoms with E-state index in [2.05, 4.69) is 4.98 Å². The lowest BCUT2D eigenvalue weighted by molar-refractivity contribution is 0.462. The second-order valence-electron chi connectivity index (χ2n) is 3.63. The number of hydrogen-bond donors (Lipinski definition) is 1. The maximum absolute atomic E-state index is 5.64. The van der Waals surface area contributed by atoms with E-state index in [-0.39, 0.29) is 0 Å². The minimum atomic E-state index is 0.493. The molecule has 2 aromatic rings. The molecule has 0 bridgehead atoms. The molecule has 0 aliphatic rings. The van der Waals surface area contributed by atoms with Crippen LogP contribution in [0.1, 0.15) is 11.1 Å². The fourth-order valence-corrected chi connectivity index (χ4v) is 1.43. The van der Waals surface area contributed by atoms with Gasteiger partial charge in [0, 0.05) is 18.8 Å². The molecule has 0 unspecified atom stereocenters. The Balaban J connectivity index is 2.20. The molecule has 3 heteroatoms. The smallest absolute Gasteiger partial charge is 0.219 e. The van der Waals surface area contributed by atoms with E-state index in [9.17, 15) is 0 Å². The van der Waals surface area contributed by atoms with E-state index < -0.39 is 0 Å². The van der Waals surface area contributed by atoms with Crippen LogP contribution in [0, 0.1) is 6.92 Å². The van der Waals surface area contributed by atoms with Gasteiger partial charge in [0.15, 0.2) is 0 Å². The number of ether oxygens (including phenoxy) is 1. The largest absolute Gasteiger partial charge is 0.439 e. The van der Waals surface area contributed by atoms with E-state index in [4.69, 9.17) is 10.5 Å². The van der Waals surface area contributed by atoms with Crippen LogP contribution < -0.4 is 10.5 Å². The number of nitrogens with zero attached hydrogens (tertiary/aromatic N) is 1. The van der Waals surface area contributed by atoms with E-state index >= 15 is 0 Å². The highest BCUT2D eigenvalue weighted by Gasteiger charge is 1.99. The van der Waals surface area contributed by atoms with Crippen LogP contribution in [0.25, 0.3) is 0 Å². The van der Waals surface area contributed by atoms with Gasteiger partial charge in [-0.25, -0.2) is 4.98 Å². The first-order valence-corrected chi connectivity index (χ1v) is 5.17. The minimum Gasteiger partial charge on any atom is -0.439 e.